The fourth-order valence-corrected chi connectivity index (χ4v) is 2.06. The van der Waals surface area contributed by atoms with Crippen LogP contribution in [0.15, 0.2) is 41.5 Å². The molecular weight excluding hydrogens is 293 g/mol. The molecule has 0 radical (unpaired) electrons. The Balaban J connectivity index is 2.22. The van der Waals surface area contributed by atoms with Crippen LogP contribution in [-0.4, -0.2) is 5.71 Å². The van der Waals surface area contributed by atoms with E-state index in [1.807, 2.05) is 38.1 Å². The monoisotopic (exact) mass is 307 g/mol. The van der Waals surface area contributed by atoms with Crippen molar-refractivity contribution in [3.8, 4) is 0 Å². The van der Waals surface area contributed by atoms with Gasteiger partial charge in [0.15, 0.2) is 0 Å². The molecule has 0 heterocycles. The Labute approximate surface area is 128 Å². The van der Waals surface area contributed by atoms with Crippen molar-refractivity contribution in [2.45, 2.75) is 13.8 Å². The predicted molar refractivity (Wildman–Crippen MR) is 87.9 cm³/mol. The Morgan fingerprint density at radius 2 is 1.85 bits per heavy atom. The molecule has 0 atom stereocenters. The van der Waals surface area contributed by atoms with Gasteiger partial charge in [0.25, 0.3) is 0 Å². The molecule has 0 bridgehead atoms. The van der Waals surface area contributed by atoms with Gasteiger partial charge in [0.2, 0.25) is 0 Å². The lowest BCUT2D eigenvalue weighted by atomic mass is 10.1. The van der Waals surface area contributed by atoms with Crippen LogP contribution in [0.2, 0.25) is 10.0 Å². The van der Waals surface area contributed by atoms with Crippen LogP contribution in [-0.2, 0) is 0 Å². The number of benzene rings is 2. The van der Waals surface area contributed by atoms with E-state index in [0.717, 1.165) is 22.5 Å². The van der Waals surface area contributed by atoms with Crippen LogP contribution in [0.4, 0.5) is 11.4 Å². The molecule has 0 aliphatic heterocycles. The molecule has 0 fully saturated rings. The number of nitrogens with zero attached hydrogens (tertiary/aromatic N) is 1. The first kappa shape index (κ1) is 14.7. The molecule has 0 unspecified atom stereocenters. The van der Waals surface area contributed by atoms with E-state index in [0.29, 0.717) is 15.7 Å². The number of nitrogens with one attached hydrogen (secondary N) is 1. The van der Waals surface area contributed by atoms with Crippen molar-refractivity contribution in [2.24, 2.45) is 5.10 Å². The van der Waals surface area contributed by atoms with Crippen molar-refractivity contribution < 1.29 is 0 Å². The number of halogens is 2. The molecule has 2 aromatic carbocycles. The van der Waals surface area contributed by atoms with E-state index < -0.39 is 0 Å². The molecular formula is C15H15Cl2N3. The summed E-state index contributed by atoms with van der Waals surface area (Å²) in [5, 5.41) is 5.32. The van der Waals surface area contributed by atoms with Gasteiger partial charge in [-0.15, -0.1) is 0 Å². The van der Waals surface area contributed by atoms with Gasteiger partial charge in [-0.25, -0.2) is 0 Å². The maximum Gasteiger partial charge on any atom is 0.0669 e. The van der Waals surface area contributed by atoms with Crippen LogP contribution < -0.4 is 11.2 Å². The zero-order valence-corrected chi connectivity index (χ0v) is 12.8. The van der Waals surface area contributed by atoms with Gasteiger partial charge in [-0.2, -0.15) is 5.10 Å². The van der Waals surface area contributed by atoms with Gasteiger partial charge < -0.3 is 5.73 Å². The van der Waals surface area contributed by atoms with Gasteiger partial charge in [0.05, 0.1) is 21.4 Å². The molecule has 3 N–H and O–H groups in total. The summed E-state index contributed by atoms with van der Waals surface area (Å²) in [4.78, 5) is 0. The normalized spacial score (nSPS) is 11.5. The number of hydrogen-bond donors (Lipinski definition) is 2. The first-order valence-corrected chi connectivity index (χ1v) is 6.85. The maximum absolute atomic E-state index is 5.96. The number of hydrazone groups is 1. The van der Waals surface area contributed by atoms with Crippen LogP contribution in [0.25, 0.3) is 0 Å². The number of rotatable bonds is 3. The first-order valence-electron chi connectivity index (χ1n) is 6.09. The second kappa shape index (κ2) is 6.16. The summed E-state index contributed by atoms with van der Waals surface area (Å²) in [6.45, 7) is 3.91. The molecule has 2 rings (SSSR count). The Hall–Kier alpha value is -1.71. The lowest BCUT2D eigenvalue weighted by molar-refractivity contribution is 1.32. The summed E-state index contributed by atoms with van der Waals surface area (Å²) in [6, 6.07) is 11.1. The number of anilines is 2. The fourth-order valence-electron chi connectivity index (χ4n) is 1.76. The second-order valence-electron chi connectivity index (χ2n) is 4.53. The van der Waals surface area contributed by atoms with Crippen molar-refractivity contribution in [1.82, 2.24) is 0 Å². The first-order chi connectivity index (χ1) is 9.47. The molecule has 0 aromatic heterocycles. The van der Waals surface area contributed by atoms with Crippen molar-refractivity contribution in [3.05, 3.63) is 57.6 Å². The third-order valence-electron chi connectivity index (χ3n) is 2.87. The predicted octanol–water partition coefficient (Wildman–Crippen LogP) is 4.72. The molecule has 0 aliphatic rings. The molecule has 2 aromatic rings. The molecule has 104 valence electrons. The largest absolute Gasteiger partial charge is 0.398 e. The SMILES string of the molecule is C/C(=N\Nc1ccc(Cl)c(Cl)c1)c1cc(C)ccc1N. The highest BCUT2D eigenvalue weighted by molar-refractivity contribution is 6.42. The summed E-state index contributed by atoms with van der Waals surface area (Å²) in [5.74, 6) is 0. The molecule has 0 aliphatic carbocycles. The molecule has 20 heavy (non-hydrogen) atoms. The van der Waals surface area contributed by atoms with E-state index in [2.05, 4.69) is 10.5 Å². The lowest BCUT2D eigenvalue weighted by Gasteiger charge is -2.08. The summed E-state index contributed by atoms with van der Waals surface area (Å²) in [5.41, 5.74) is 13.2. The third-order valence-corrected chi connectivity index (χ3v) is 3.61. The second-order valence-corrected chi connectivity index (χ2v) is 5.34. The number of nitrogen functional groups attached to an aromatic ring is 1. The van der Waals surface area contributed by atoms with Gasteiger partial charge in [-0.05, 0) is 44.2 Å². The van der Waals surface area contributed by atoms with Crippen LogP contribution >= 0.6 is 23.2 Å². The van der Waals surface area contributed by atoms with Gasteiger partial charge >= 0.3 is 0 Å². The van der Waals surface area contributed by atoms with E-state index in [1.54, 1.807) is 12.1 Å². The molecule has 0 amide bonds. The Kier molecular flexibility index (Phi) is 4.53. The summed E-state index contributed by atoms with van der Waals surface area (Å²) in [7, 11) is 0. The van der Waals surface area contributed by atoms with Crippen molar-refractivity contribution in [2.75, 3.05) is 11.2 Å². The average Bonchev–Trinajstić information content (AvgIpc) is 2.42. The summed E-state index contributed by atoms with van der Waals surface area (Å²) < 4.78 is 0. The number of hydrogen-bond acceptors (Lipinski definition) is 3. The zero-order valence-electron chi connectivity index (χ0n) is 11.2. The highest BCUT2D eigenvalue weighted by atomic mass is 35.5. The minimum absolute atomic E-state index is 0.486. The van der Waals surface area contributed by atoms with E-state index in [9.17, 15) is 0 Å². The fraction of sp³-hybridized carbons (Fsp3) is 0.133. The van der Waals surface area contributed by atoms with Crippen molar-refractivity contribution >= 4 is 40.3 Å². The quantitative estimate of drug-likeness (QED) is 0.489. The van der Waals surface area contributed by atoms with E-state index >= 15 is 0 Å². The summed E-state index contributed by atoms with van der Waals surface area (Å²) in [6.07, 6.45) is 0. The Morgan fingerprint density at radius 3 is 2.55 bits per heavy atom. The molecule has 5 heteroatoms. The van der Waals surface area contributed by atoms with Crippen molar-refractivity contribution in [3.63, 3.8) is 0 Å². The van der Waals surface area contributed by atoms with E-state index in [-0.39, 0.29) is 0 Å². The van der Waals surface area contributed by atoms with Gasteiger partial charge in [0.1, 0.15) is 0 Å². The minimum atomic E-state index is 0.486. The average molecular weight is 308 g/mol. The maximum atomic E-state index is 5.96. The van der Waals surface area contributed by atoms with Crippen LogP contribution in [0, 0.1) is 6.92 Å². The zero-order chi connectivity index (χ0) is 14.7. The van der Waals surface area contributed by atoms with E-state index in [1.165, 1.54) is 0 Å². The van der Waals surface area contributed by atoms with Gasteiger partial charge in [-0.1, -0.05) is 34.8 Å². The van der Waals surface area contributed by atoms with Crippen molar-refractivity contribution in [1.29, 1.82) is 0 Å². The number of aryl methyl sites for hydroxylation is 1. The molecule has 0 saturated heterocycles. The van der Waals surface area contributed by atoms with Crippen LogP contribution in [0.1, 0.15) is 18.1 Å². The standard InChI is InChI=1S/C15H15Cl2N3/c1-9-3-6-15(18)12(7-9)10(2)19-20-11-4-5-13(16)14(17)8-11/h3-8,20H,18H2,1-2H3/b19-10+. The van der Waals surface area contributed by atoms with Gasteiger partial charge in [0, 0.05) is 11.3 Å². The van der Waals surface area contributed by atoms with Gasteiger partial charge in [-0.3, -0.25) is 5.43 Å². The van der Waals surface area contributed by atoms with E-state index in [4.69, 9.17) is 28.9 Å². The smallest absolute Gasteiger partial charge is 0.0669 e. The third kappa shape index (κ3) is 3.44. The highest BCUT2D eigenvalue weighted by Crippen LogP contribution is 2.25. The molecule has 0 saturated carbocycles. The summed E-state index contributed by atoms with van der Waals surface area (Å²) >= 11 is 11.8. The highest BCUT2D eigenvalue weighted by Gasteiger charge is 2.04. The lowest BCUT2D eigenvalue weighted by Crippen LogP contribution is -2.04. The minimum Gasteiger partial charge on any atom is -0.398 e. The topological polar surface area (TPSA) is 50.4 Å². The molecule has 0 spiro atoms. The Morgan fingerprint density at radius 1 is 1.10 bits per heavy atom. The van der Waals surface area contributed by atoms with Crippen LogP contribution in [0.3, 0.4) is 0 Å². The van der Waals surface area contributed by atoms with Crippen LogP contribution in [0.5, 0.6) is 0 Å². The Bertz CT molecular complexity index is 666. The molecule has 3 nitrogen and oxygen atoms in total. The number of nitrogens with two attached hydrogens (primary N) is 1.